The molecule has 0 spiro atoms. The average Bonchev–Trinajstić information content (AvgIpc) is 2.31. The maximum atomic E-state index is 9.11. The molecule has 3 nitrogen and oxygen atoms in total. The Morgan fingerprint density at radius 3 is 2.44 bits per heavy atom. The van der Waals surface area contributed by atoms with Crippen LogP contribution in [0.3, 0.4) is 0 Å². The summed E-state index contributed by atoms with van der Waals surface area (Å²) in [6.07, 6.45) is 0.784. The number of hydrogen-bond acceptors (Lipinski definition) is 3. The molecule has 1 atom stereocenters. The average molecular weight is 222 g/mol. The molecule has 0 saturated carbocycles. The summed E-state index contributed by atoms with van der Waals surface area (Å²) in [6.45, 7) is 5.85. The molecule has 0 aliphatic heterocycles. The molecule has 1 aromatic rings. The van der Waals surface area contributed by atoms with E-state index >= 15 is 0 Å². The minimum absolute atomic E-state index is 0.0271. The van der Waals surface area contributed by atoms with Gasteiger partial charge in [0.25, 0.3) is 0 Å². The second kappa shape index (κ2) is 5.87. The van der Waals surface area contributed by atoms with Crippen LogP contribution in [-0.4, -0.2) is 30.3 Å². The second-order valence-electron chi connectivity index (χ2n) is 4.48. The topological polar surface area (TPSA) is 49.5 Å². The number of aliphatic hydroxyl groups excluding tert-OH is 1. The first-order chi connectivity index (χ1) is 7.59. The fourth-order valence-electron chi connectivity index (χ4n) is 1.58. The monoisotopic (exact) mass is 222 g/mol. The van der Waals surface area contributed by atoms with Crippen molar-refractivity contribution in [2.24, 2.45) is 5.73 Å². The van der Waals surface area contributed by atoms with E-state index in [1.807, 2.05) is 25.1 Å². The van der Waals surface area contributed by atoms with E-state index in [1.165, 1.54) is 5.69 Å². The number of hydrogen-bond donors (Lipinski definition) is 2. The first-order valence-electron chi connectivity index (χ1n) is 5.79. The zero-order valence-electron chi connectivity index (χ0n) is 10.2. The molecule has 1 unspecified atom stereocenters. The number of nitrogens with zero attached hydrogens (tertiary/aromatic N) is 1. The van der Waals surface area contributed by atoms with Crippen LogP contribution in [0.5, 0.6) is 0 Å². The molecular formula is C13H22N2O. The van der Waals surface area contributed by atoms with Crippen LogP contribution in [0.15, 0.2) is 30.3 Å². The minimum atomic E-state index is -0.484. The van der Waals surface area contributed by atoms with Crippen LogP contribution < -0.4 is 10.6 Å². The Kier molecular flexibility index (Phi) is 4.77. The van der Waals surface area contributed by atoms with Crippen LogP contribution in [-0.2, 0) is 0 Å². The minimum Gasteiger partial charge on any atom is -0.394 e. The Balaban J connectivity index is 2.57. The standard InChI is InChI=1S/C13H22N2O/c1-3-15(10-9-13(2,14)11-16)12-7-5-4-6-8-12/h4-8,16H,3,9-11,14H2,1-2H3. The molecule has 0 amide bonds. The quantitative estimate of drug-likeness (QED) is 0.769. The van der Waals surface area contributed by atoms with Gasteiger partial charge in [-0.15, -0.1) is 0 Å². The summed E-state index contributed by atoms with van der Waals surface area (Å²) < 4.78 is 0. The maximum Gasteiger partial charge on any atom is 0.0609 e. The van der Waals surface area contributed by atoms with Gasteiger partial charge in [-0.3, -0.25) is 0 Å². The van der Waals surface area contributed by atoms with Crippen LogP contribution in [0.25, 0.3) is 0 Å². The SMILES string of the molecule is CCN(CCC(C)(N)CO)c1ccccc1. The molecule has 0 radical (unpaired) electrons. The van der Waals surface area contributed by atoms with E-state index in [0.717, 1.165) is 19.5 Å². The van der Waals surface area contributed by atoms with Gasteiger partial charge in [0.15, 0.2) is 0 Å². The van der Waals surface area contributed by atoms with E-state index in [0.29, 0.717) is 0 Å². The van der Waals surface area contributed by atoms with Crippen molar-refractivity contribution in [3.8, 4) is 0 Å². The van der Waals surface area contributed by atoms with E-state index < -0.39 is 5.54 Å². The predicted octanol–water partition coefficient (Wildman–Crippen LogP) is 1.61. The van der Waals surface area contributed by atoms with Gasteiger partial charge in [-0.25, -0.2) is 0 Å². The summed E-state index contributed by atoms with van der Waals surface area (Å²) in [5.41, 5.74) is 6.64. The normalized spacial score (nSPS) is 14.5. The molecule has 0 bridgehead atoms. The van der Waals surface area contributed by atoms with Crippen molar-refractivity contribution >= 4 is 5.69 Å². The molecule has 0 aromatic heterocycles. The third-order valence-electron chi connectivity index (χ3n) is 2.82. The van der Waals surface area contributed by atoms with Crippen molar-refractivity contribution in [2.45, 2.75) is 25.8 Å². The predicted molar refractivity (Wildman–Crippen MR) is 68.6 cm³/mol. The van der Waals surface area contributed by atoms with Crippen LogP contribution >= 0.6 is 0 Å². The van der Waals surface area contributed by atoms with E-state index in [1.54, 1.807) is 0 Å². The Labute approximate surface area is 97.9 Å². The largest absolute Gasteiger partial charge is 0.394 e. The van der Waals surface area contributed by atoms with E-state index in [4.69, 9.17) is 10.8 Å². The molecule has 0 fully saturated rings. The number of rotatable bonds is 6. The molecule has 0 aliphatic carbocycles. The van der Waals surface area contributed by atoms with Crippen LogP contribution in [0.4, 0.5) is 5.69 Å². The summed E-state index contributed by atoms with van der Waals surface area (Å²) in [5, 5.41) is 9.11. The Hall–Kier alpha value is -1.06. The van der Waals surface area contributed by atoms with E-state index in [-0.39, 0.29) is 6.61 Å². The Morgan fingerprint density at radius 1 is 1.31 bits per heavy atom. The van der Waals surface area contributed by atoms with Gasteiger partial charge in [0, 0.05) is 24.3 Å². The molecule has 3 heteroatoms. The summed E-state index contributed by atoms with van der Waals surface area (Å²) in [5.74, 6) is 0. The van der Waals surface area contributed by atoms with Gasteiger partial charge >= 0.3 is 0 Å². The highest BCUT2D eigenvalue weighted by atomic mass is 16.3. The zero-order valence-corrected chi connectivity index (χ0v) is 10.2. The van der Waals surface area contributed by atoms with Gasteiger partial charge in [-0.1, -0.05) is 18.2 Å². The maximum absolute atomic E-state index is 9.11. The first-order valence-corrected chi connectivity index (χ1v) is 5.79. The van der Waals surface area contributed by atoms with Gasteiger partial charge in [-0.05, 0) is 32.4 Å². The van der Waals surface area contributed by atoms with Crippen LogP contribution in [0.1, 0.15) is 20.3 Å². The molecule has 1 rings (SSSR count). The van der Waals surface area contributed by atoms with Crippen molar-refractivity contribution in [1.29, 1.82) is 0 Å². The lowest BCUT2D eigenvalue weighted by molar-refractivity contribution is 0.202. The molecule has 0 aliphatic rings. The molecule has 3 N–H and O–H groups in total. The Bertz CT molecular complexity index is 298. The first kappa shape index (κ1) is 13.0. The third kappa shape index (κ3) is 3.83. The van der Waals surface area contributed by atoms with Gasteiger partial charge in [0.2, 0.25) is 0 Å². The number of nitrogens with two attached hydrogens (primary N) is 1. The summed E-state index contributed by atoms with van der Waals surface area (Å²) in [6, 6.07) is 10.3. The van der Waals surface area contributed by atoms with Crippen molar-refractivity contribution in [3.63, 3.8) is 0 Å². The molecule has 0 heterocycles. The summed E-state index contributed by atoms with van der Waals surface area (Å²) in [4.78, 5) is 2.26. The fourth-order valence-corrected chi connectivity index (χ4v) is 1.58. The summed E-state index contributed by atoms with van der Waals surface area (Å²) in [7, 11) is 0. The number of aliphatic hydroxyl groups is 1. The van der Waals surface area contributed by atoms with E-state index in [2.05, 4.69) is 24.0 Å². The third-order valence-corrected chi connectivity index (χ3v) is 2.82. The lowest BCUT2D eigenvalue weighted by Gasteiger charge is -2.28. The summed E-state index contributed by atoms with van der Waals surface area (Å²) >= 11 is 0. The van der Waals surface area contributed by atoms with Gasteiger partial charge in [0.1, 0.15) is 0 Å². The lowest BCUT2D eigenvalue weighted by Crippen LogP contribution is -2.43. The fraction of sp³-hybridized carbons (Fsp3) is 0.538. The molecule has 0 saturated heterocycles. The van der Waals surface area contributed by atoms with Crippen LogP contribution in [0, 0.1) is 0 Å². The number of benzene rings is 1. The highest BCUT2D eigenvalue weighted by Crippen LogP contribution is 2.15. The molecule has 1 aromatic carbocycles. The number of para-hydroxylation sites is 1. The molecular weight excluding hydrogens is 200 g/mol. The van der Waals surface area contributed by atoms with Crippen molar-refractivity contribution < 1.29 is 5.11 Å². The highest BCUT2D eigenvalue weighted by Gasteiger charge is 2.18. The number of anilines is 1. The second-order valence-corrected chi connectivity index (χ2v) is 4.48. The smallest absolute Gasteiger partial charge is 0.0609 e. The van der Waals surface area contributed by atoms with Gasteiger partial charge in [-0.2, -0.15) is 0 Å². The van der Waals surface area contributed by atoms with Crippen molar-refractivity contribution in [3.05, 3.63) is 30.3 Å². The molecule has 90 valence electrons. The Morgan fingerprint density at radius 2 is 1.94 bits per heavy atom. The zero-order chi connectivity index (χ0) is 12.0. The van der Waals surface area contributed by atoms with Crippen LogP contribution in [0.2, 0.25) is 0 Å². The molecule has 16 heavy (non-hydrogen) atoms. The lowest BCUT2D eigenvalue weighted by atomic mass is 10.0. The van der Waals surface area contributed by atoms with Gasteiger partial charge < -0.3 is 15.7 Å². The van der Waals surface area contributed by atoms with E-state index in [9.17, 15) is 0 Å². The van der Waals surface area contributed by atoms with Crippen molar-refractivity contribution in [1.82, 2.24) is 0 Å². The highest BCUT2D eigenvalue weighted by molar-refractivity contribution is 5.45. The van der Waals surface area contributed by atoms with Crippen molar-refractivity contribution in [2.75, 3.05) is 24.6 Å². The van der Waals surface area contributed by atoms with Gasteiger partial charge in [0.05, 0.1) is 6.61 Å².